The molecule has 4 rings (SSSR count). The maximum atomic E-state index is 12.0. The number of carboxylic acid groups (broad SMARTS) is 2. The molecule has 2 N–H and O–H groups in total. The largest absolute Gasteiger partial charge is 0.478 e. The van der Waals surface area contributed by atoms with Crippen LogP contribution >= 0.6 is 0 Å². The standard InChI is InChI=1S/C22H14O7/c23-20(24)16-10-9-14(11-18(16)21(25)26)28-13-7-5-12(6-8-13)19-15-3-1-2-4-17(15)22(27)29-19/h1-11,19H,(H,23,24)(H,25,26). The van der Waals surface area contributed by atoms with Crippen molar-refractivity contribution in [1.29, 1.82) is 0 Å². The molecule has 7 heteroatoms. The van der Waals surface area contributed by atoms with Crippen molar-refractivity contribution in [3.05, 3.63) is 94.5 Å². The molecule has 1 aliphatic heterocycles. The summed E-state index contributed by atoms with van der Waals surface area (Å²) >= 11 is 0. The molecule has 0 fully saturated rings. The summed E-state index contributed by atoms with van der Waals surface area (Å²) in [5.41, 5.74) is 1.42. The van der Waals surface area contributed by atoms with E-state index in [0.29, 0.717) is 11.3 Å². The van der Waals surface area contributed by atoms with Gasteiger partial charge < -0.3 is 19.7 Å². The lowest BCUT2D eigenvalue weighted by molar-refractivity contribution is 0.0455. The van der Waals surface area contributed by atoms with Gasteiger partial charge in [-0.25, -0.2) is 14.4 Å². The third-order valence-corrected chi connectivity index (χ3v) is 4.56. The molecule has 144 valence electrons. The lowest BCUT2D eigenvalue weighted by Crippen LogP contribution is -2.08. The second-order valence-electron chi connectivity index (χ2n) is 6.36. The van der Waals surface area contributed by atoms with Crippen LogP contribution in [0.3, 0.4) is 0 Å². The smallest absolute Gasteiger partial charge is 0.339 e. The minimum Gasteiger partial charge on any atom is -0.478 e. The van der Waals surface area contributed by atoms with Crippen LogP contribution in [0.1, 0.15) is 48.3 Å². The van der Waals surface area contributed by atoms with Crippen LogP contribution < -0.4 is 4.74 Å². The first-order valence-corrected chi connectivity index (χ1v) is 8.62. The van der Waals surface area contributed by atoms with E-state index in [1.165, 1.54) is 12.1 Å². The molecule has 1 atom stereocenters. The van der Waals surface area contributed by atoms with Crippen LogP contribution in [0.4, 0.5) is 0 Å². The highest BCUT2D eigenvalue weighted by Crippen LogP contribution is 2.36. The molecular weight excluding hydrogens is 376 g/mol. The van der Waals surface area contributed by atoms with E-state index in [-0.39, 0.29) is 22.8 Å². The van der Waals surface area contributed by atoms with Gasteiger partial charge in [0.05, 0.1) is 16.7 Å². The zero-order chi connectivity index (χ0) is 20.5. The fourth-order valence-electron chi connectivity index (χ4n) is 3.19. The monoisotopic (exact) mass is 390 g/mol. The van der Waals surface area contributed by atoms with Gasteiger partial charge in [0.1, 0.15) is 11.5 Å². The van der Waals surface area contributed by atoms with Crippen molar-refractivity contribution in [2.75, 3.05) is 0 Å². The quantitative estimate of drug-likeness (QED) is 0.630. The summed E-state index contributed by atoms with van der Waals surface area (Å²) in [5.74, 6) is -2.44. The number of benzene rings is 3. The summed E-state index contributed by atoms with van der Waals surface area (Å²) in [7, 11) is 0. The van der Waals surface area contributed by atoms with Crippen molar-refractivity contribution in [1.82, 2.24) is 0 Å². The Bertz CT molecular complexity index is 1130. The third-order valence-electron chi connectivity index (χ3n) is 4.56. The second kappa shape index (κ2) is 7.12. The van der Waals surface area contributed by atoms with Crippen LogP contribution in [0.25, 0.3) is 0 Å². The van der Waals surface area contributed by atoms with Gasteiger partial charge in [0, 0.05) is 5.56 Å². The molecular formula is C22H14O7. The lowest BCUT2D eigenvalue weighted by atomic mass is 9.99. The van der Waals surface area contributed by atoms with Gasteiger partial charge in [-0.2, -0.15) is 0 Å². The predicted molar refractivity (Wildman–Crippen MR) is 101 cm³/mol. The molecule has 0 radical (unpaired) electrons. The molecule has 0 saturated carbocycles. The number of ether oxygens (including phenoxy) is 2. The molecule has 0 aromatic heterocycles. The van der Waals surface area contributed by atoms with Crippen LogP contribution in [0.15, 0.2) is 66.7 Å². The van der Waals surface area contributed by atoms with Gasteiger partial charge >= 0.3 is 17.9 Å². The molecule has 3 aromatic rings. The number of carbonyl (C=O) groups excluding carboxylic acids is 1. The van der Waals surface area contributed by atoms with E-state index < -0.39 is 18.0 Å². The van der Waals surface area contributed by atoms with Crippen molar-refractivity contribution in [2.24, 2.45) is 0 Å². The Balaban J connectivity index is 1.57. The highest BCUT2D eigenvalue weighted by Gasteiger charge is 2.31. The highest BCUT2D eigenvalue weighted by molar-refractivity contribution is 6.02. The van der Waals surface area contributed by atoms with Crippen LogP contribution in [0.2, 0.25) is 0 Å². The molecule has 1 heterocycles. The summed E-state index contributed by atoms with van der Waals surface area (Å²) in [6.45, 7) is 0. The highest BCUT2D eigenvalue weighted by atomic mass is 16.5. The molecule has 29 heavy (non-hydrogen) atoms. The van der Waals surface area contributed by atoms with Crippen molar-refractivity contribution in [2.45, 2.75) is 6.10 Å². The molecule has 7 nitrogen and oxygen atoms in total. The Hall–Kier alpha value is -4.13. The minimum absolute atomic E-state index is 0.192. The third kappa shape index (κ3) is 3.41. The van der Waals surface area contributed by atoms with Gasteiger partial charge in [-0.05, 0) is 42.0 Å². The summed E-state index contributed by atoms with van der Waals surface area (Å²) in [4.78, 5) is 34.4. The molecule has 0 spiro atoms. The maximum absolute atomic E-state index is 12.0. The Morgan fingerprint density at radius 2 is 1.48 bits per heavy atom. The summed E-state index contributed by atoms with van der Waals surface area (Å²) in [6.07, 6.45) is -0.499. The van der Waals surface area contributed by atoms with E-state index in [1.54, 1.807) is 36.4 Å². The predicted octanol–water partition coefficient (Wildman–Crippen LogP) is 4.14. The van der Waals surface area contributed by atoms with Crippen molar-refractivity contribution in [3.63, 3.8) is 0 Å². The van der Waals surface area contributed by atoms with Gasteiger partial charge in [-0.15, -0.1) is 0 Å². The average molecular weight is 390 g/mol. The van der Waals surface area contributed by atoms with E-state index in [9.17, 15) is 19.5 Å². The van der Waals surface area contributed by atoms with E-state index >= 15 is 0 Å². The van der Waals surface area contributed by atoms with E-state index in [2.05, 4.69) is 0 Å². The molecule has 0 saturated heterocycles. The first-order chi connectivity index (χ1) is 13.9. The average Bonchev–Trinajstić information content (AvgIpc) is 3.05. The molecule has 0 amide bonds. The summed E-state index contributed by atoms with van der Waals surface area (Å²) < 4.78 is 11.1. The molecule has 0 bridgehead atoms. The van der Waals surface area contributed by atoms with Crippen LogP contribution in [-0.2, 0) is 4.74 Å². The fourth-order valence-corrected chi connectivity index (χ4v) is 3.19. The first kappa shape index (κ1) is 18.2. The number of aromatic carboxylic acids is 2. The lowest BCUT2D eigenvalue weighted by Gasteiger charge is -2.13. The molecule has 1 aliphatic rings. The number of hydrogen-bond donors (Lipinski definition) is 2. The number of fused-ring (bicyclic) bond motifs is 1. The number of esters is 1. The zero-order valence-electron chi connectivity index (χ0n) is 14.9. The van der Waals surface area contributed by atoms with E-state index in [0.717, 1.165) is 17.2 Å². The Morgan fingerprint density at radius 1 is 0.828 bits per heavy atom. The van der Waals surface area contributed by atoms with Crippen molar-refractivity contribution >= 4 is 17.9 Å². The fraction of sp³-hybridized carbons (Fsp3) is 0.0455. The first-order valence-electron chi connectivity index (χ1n) is 8.62. The Kier molecular flexibility index (Phi) is 4.48. The molecule has 0 aliphatic carbocycles. The SMILES string of the molecule is O=C(O)c1ccc(Oc2ccc(C3OC(=O)c4ccccc43)cc2)cc1C(=O)O. The summed E-state index contributed by atoms with van der Waals surface area (Å²) in [6, 6.07) is 17.7. The van der Waals surface area contributed by atoms with Crippen LogP contribution in [-0.4, -0.2) is 28.1 Å². The van der Waals surface area contributed by atoms with Gasteiger partial charge in [0.25, 0.3) is 0 Å². The zero-order valence-corrected chi connectivity index (χ0v) is 14.9. The summed E-state index contributed by atoms with van der Waals surface area (Å²) in [5, 5.41) is 18.3. The number of carbonyl (C=O) groups is 3. The normalized spacial score (nSPS) is 14.8. The van der Waals surface area contributed by atoms with Gasteiger partial charge in [0.2, 0.25) is 0 Å². The Labute approximate surface area is 164 Å². The van der Waals surface area contributed by atoms with Crippen LogP contribution in [0.5, 0.6) is 11.5 Å². The molecule has 3 aromatic carbocycles. The van der Waals surface area contributed by atoms with Gasteiger partial charge in [-0.3, -0.25) is 0 Å². The van der Waals surface area contributed by atoms with E-state index in [4.69, 9.17) is 14.6 Å². The Morgan fingerprint density at radius 3 is 2.17 bits per heavy atom. The van der Waals surface area contributed by atoms with E-state index in [1.807, 2.05) is 12.1 Å². The molecule has 1 unspecified atom stereocenters. The van der Waals surface area contributed by atoms with Crippen molar-refractivity contribution in [3.8, 4) is 11.5 Å². The maximum Gasteiger partial charge on any atom is 0.339 e. The minimum atomic E-state index is -1.36. The van der Waals surface area contributed by atoms with Gasteiger partial charge in [-0.1, -0.05) is 30.3 Å². The van der Waals surface area contributed by atoms with Crippen LogP contribution in [0, 0.1) is 0 Å². The number of hydrogen-bond acceptors (Lipinski definition) is 5. The number of carboxylic acids is 2. The number of rotatable bonds is 5. The van der Waals surface area contributed by atoms with Crippen molar-refractivity contribution < 1.29 is 34.1 Å². The topological polar surface area (TPSA) is 110 Å². The second-order valence-corrected chi connectivity index (χ2v) is 6.36. The van der Waals surface area contributed by atoms with Gasteiger partial charge in [0.15, 0.2) is 6.10 Å². The number of cyclic esters (lactones) is 1.